The Morgan fingerprint density at radius 3 is 2.68 bits per heavy atom. The lowest BCUT2D eigenvalue weighted by Gasteiger charge is -2.16. The number of hydrogen-bond donors (Lipinski definition) is 2. The van der Waals surface area contributed by atoms with E-state index in [0.29, 0.717) is 13.0 Å². The highest BCUT2D eigenvalue weighted by molar-refractivity contribution is 7.98. The summed E-state index contributed by atoms with van der Waals surface area (Å²) in [6.45, 7) is 2.45. The van der Waals surface area contributed by atoms with E-state index in [1.807, 2.05) is 17.0 Å². The van der Waals surface area contributed by atoms with E-state index in [1.54, 1.807) is 18.8 Å². The monoisotopic (exact) mass is 320 g/mol. The van der Waals surface area contributed by atoms with Crippen molar-refractivity contribution in [2.75, 3.05) is 37.0 Å². The highest BCUT2D eigenvalue weighted by atomic mass is 32.2. The van der Waals surface area contributed by atoms with E-state index in [0.717, 1.165) is 36.9 Å². The maximum atomic E-state index is 11.7. The Balaban J connectivity index is 1.84. The van der Waals surface area contributed by atoms with E-state index in [-0.39, 0.29) is 5.91 Å². The van der Waals surface area contributed by atoms with Gasteiger partial charge in [0.2, 0.25) is 5.91 Å². The number of thioether (sulfide) groups is 1. The van der Waals surface area contributed by atoms with Crippen molar-refractivity contribution in [2.45, 2.75) is 19.4 Å². The molecule has 1 aliphatic heterocycles. The zero-order valence-corrected chi connectivity index (χ0v) is 14.1. The molecule has 22 heavy (non-hydrogen) atoms. The molecule has 1 aromatic rings. The predicted octanol–water partition coefficient (Wildman–Crippen LogP) is 1.84. The summed E-state index contributed by atoms with van der Waals surface area (Å²) in [6.07, 6.45) is 3.71. The van der Waals surface area contributed by atoms with E-state index in [1.165, 1.54) is 5.56 Å². The number of guanidine groups is 1. The van der Waals surface area contributed by atoms with Crippen LogP contribution in [0.4, 0.5) is 5.69 Å². The highest BCUT2D eigenvalue weighted by Gasteiger charge is 2.21. The van der Waals surface area contributed by atoms with Crippen LogP contribution in [-0.2, 0) is 11.3 Å². The average Bonchev–Trinajstić information content (AvgIpc) is 2.97. The number of carbonyl (C=O) groups is 1. The Hall–Kier alpha value is -1.69. The minimum atomic E-state index is 0.226. The van der Waals surface area contributed by atoms with Gasteiger partial charge < -0.3 is 15.5 Å². The molecule has 0 unspecified atom stereocenters. The van der Waals surface area contributed by atoms with Crippen LogP contribution < -0.4 is 15.5 Å². The normalized spacial score (nSPS) is 15.3. The fourth-order valence-corrected chi connectivity index (χ4v) is 2.70. The molecule has 1 saturated heterocycles. The van der Waals surface area contributed by atoms with Crippen LogP contribution in [0, 0.1) is 0 Å². The SMILES string of the molecule is CN=C(NCCSC)NCc1ccc(N2CCCC2=O)cc1. The topological polar surface area (TPSA) is 56.7 Å². The van der Waals surface area contributed by atoms with Gasteiger partial charge in [0.1, 0.15) is 0 Å². The summed E-state index contributed by atoms with van der Waals surface area (Å²) < 4.78 is 0. The maximum Gasteiger partial charge on any atom is 0.227 e. The standard InChI is InChI=1S/C16H24N4OS/c1-17-16(18-9-11-22-2)19-12-13-5-7-14(8-6-13)20-10-3-4-15(20)21/h5-8H,3-4,9-12H2,1-2H3,(H2,17,18,19). The van der Waals surface area contributed by atoms with E-state index in [4.69, 9.17) is 0 Å². The van der Waals surface area contributed by atoms with Gasteiger partial charge in [-0.2, -0.15) is 11.8 Å². The van der Waals surface area contributed by atoms with Gasteiger partial charge in [0.15, 0.2) is 5.96 Å². The molecule has 0 radical (unpaired) electrons. The molecule has 120 valence electrons. The zero-order chi connectivity index (χ0) is 15.8. The number of nitrogens with one attached hydrogen (secondary N) is 2. The quantitative estimate of drug-likeness (QED) is 0.477. The number of carbonyl (C=O) groups excluding carboxylic acids is 1. The van der Waals surface area contributed by atoms with Crippen LogP contribution in [0.2, 0.25) is 0 Å². The van der Waals surface area contributed by atoms with Crippen LogP contribution in [0.3, 0.4) is 0 Å². The third-order valence-corrected chi connectivity index (χ3v) is 4.22. The van der Waals surface area contributed by atoms with Crippen LogP contribution >= 0.6 is 11.8 Å². The van der Waals surface area contributed by atoms with Gasteiger partial charge in [0.05, 0.1) is 0 Å². The van der Waals surface area contributed by atoms with Gasteiger partial charge in [-0.15, -0.1) is 0 Å². The molecule has 0 spiro atoms. The molecule has 1 amide bonds. The van der Waals surface area contributed by atoms with Gasteiger partial charge in [-0.1, -0.05) is 12.1 Å². The Morgan fingerprint density at radius 2 is 2.09 bits per heavy atom. The first kappa shape index (κ1) is 16.7. The first-order valence-corrected chi connectivity index (χ1v) is 8.96. The van der Waals surface area contributed by atoms with Crippen LogP contribution in [-0.4, -0.2) is 44.0 Å². The van der Waals surface area contributed by atoms with E-state index >= 15 is 0 Å². The summed E-state index contributed by atoms with van der Waals surface area (Å²) in [5, 5.41) is 6.56. The van der Waals surface area contributed by atoms with Crippen LogP contribution in [0.25, 0.3) is 0 Å². The molecule has 1 aliphatic rings. The van der Waals surface area contributed by atoms with Crippen molar-refractivity contribution in [1.82, 2.24) is 10.6 Å². The summed E-state index contributed by atoms with van der Waals surface area (Å²) in [7, 11) is 1.77. The van der Waals surface area contributed by atoms with Crippen molar-refractivity contribution in [3.8, 4) is 0 Å². The largest absolute Gasteiger partial charge is 0.356 e. The molecule has 0 atom stereocenters. The van der Waals surface area contributed by atoms with Crippen molar-refractivity contribution in [3.05, 3.63) is 29.8 Å². The Morgan fingerprint density at radius 1 is 1.32 bits per heavy atom. The predicted molar refractivity (Wildman–Crippen MR) is 94.6 cm³/mol. The van der Waals surface area contributed by atoms with Crippen molar-refractivity contribution in [3.63, 3.8) is 0 Å². The molecule has 2 N–H and O–H groups in total. The molecule has 0 aliphatic carbocycles. The summed E-state index contributed by atoms with van der Waals surface area (Å²) in [4.78, 5) is 17.8. The van der Waals surface area contributed by atoms with Crippen molar-refractivity contribution < 1.29 is 4.79 Å². The Bertz CT molecular complexity index is 515. The molecular weight excluding hydrogens is 296 g/mol. The molecule has 0 bridgehead atoms. The summed E-state index contributed by atoms with van der Waals surface area (Å²) in [6, 6.07) is 8.15. The van der Waals surface area contributed by atoms with Crippen LogP contribution in [0.15, 0.2) is 29.3 Å². The third kappa shape index (κ3) is 4.66. The molecule has 0 aromatic heterocycles. The maximum absolute atomic E-state index is 11.7. The lowest BCUT2D eigenvalue weighted by atomic mass is 10.2. The van der Waals surface area contributed by atoms with Gasteiger partial charge in [-0.3, -0.25) is 9.79 Å². The fraction of sp³-hybridized carbons (Fsp3) is 0.500. The van der Waals surface area contributed by atoms with E-state index in [9.17, 15) is 4.79 Å². The summed E-state index contributed by atoms with van der Waals surface area (Å²) >= 11 is 1.80. The molecule has 6 heteroatoms. The lowest BCUT2D eigenvalue weighted by Crippen LogP contribution is -2.37. The van der Waals surface area contributed by atoms with E-state index < -0.39 is 0 Å². The van der Waals surface area contributed by atoms with Gasteiger partial charge in [0, 0.05) is 44.5 Å². The number of hydrogen-bond acceptors (Lipinski definition) is 3. The molecule has 1 fully saturated rings. The van der Waals surface area contributed by atoms with Crippen LogP contribution in [0.1, 0.15) is 18.4 Å². The number of nitrogens with zero attached hydrogens (tertiary/aromatic N) is 2. The fourth-order valence-electron chi connectivity index (χ4n) is 2.39. The number of anilines is 1. The summed E-state index contributed by atoms with van der Waals surface area (Å²) in [5.41, 5.74) is 2.16. The molecule has 1 heterocycles. The van der Waals surface area contributed by atoms with Gasteiger partial charge >= 0.3 is 0 Å². The van der Waals surface area contributed by atoms with Gasteiger partial charge in [0.25, 0.3) is 0 Å². The highest BCUT2D eigenvalue weighted by Crippen LogP contribution is 2.21. The molecule has 2 rings (SSSR count). The molecule has 1 aromatic carbocycles. The minimum Gasteiger partial charge on any atom is -0.356 e. The Kier molecular flexibility index (Phi) is 6.58. The van der Waals surface area contributed by atoms with E-state index in [2.05, 4.69) is 34.0 Å². The number of aliphatic imine (C=N–C) groups is 1. The van der Waals surface area contributed by atoms with Crippen molar-refractivity contribution >= 4 is 29.3 Å². The third-order valence-electron chi connectivity index (χ3n) is 3.60. The molecular formula is C16H24N4OS. The number of amides is 1. The molecule has 5 nitrogen and oxygen atoms in total. The van der Waals surface area contributed by atoms with Crippen molar-refractivity contribution in [2.24, 2.45) is 4.99 Å². The minimum absolute atomic E-state index is 0.226. The number of rotatable bonds is 6. The van der Waals surface area contributed by atoms with Gasteiger partial charge in [-0.05, 0) is 30.4 Å². The second-order valence-electron chi connectivity index (χ2n) is 5.16. The average molecular weight is 320 g/mol. The lowest BCUT2D eigenvalue weighted by molar-refractivity contribution is -0.117. The smallest absolute Gasteiger partial charge is 0.227 e. The van der Waals surface area contributed by atoms with Crippen LogP contribution in [0.5, 0.6) is 0 Å². The van der Waals surface area contributed by atoms with Gasteiger partial charge in [-0.25, -0.2) is 0 Å². The second kappa shape index (κ2) is 8.68. The molecule has 0 saturated carbocycles. The number of benzene rings is 1. The first-order valence-electron chi connectivity index (χ1n) is 7.57. The van der Waals surface area contributed by atoms with Crippen molar-refractivity contribution in [1.29, 1.82) is 0 Å². The summed E-state index contributed by atoms with van der Waals surface area (Å²) in [5.74, 6) is 2.09. The zero-order valence-electron chi connectivity index (χ0n) is 13.3. The Labute approximate surface area is 136 Å². The first-order chi connectivity index (χ1) is 10.7. The second-order valence-corrected chi connectivity index (χ2v) is 6.15.